The molecule has 21 heavy (non-hydrogen) atoms. The number of nitrogens with zero attached hydrogens (tertiary/aromatic N) is 3. The van der Waals surface area contributed by atoms with Crippen molar-refractivity contribution in [3.63, 3.8) is 0 Å². The first-order valence-corrected chi connectivity index (χ1v) is 8.68. The Balaban J connectivity index is 2.02. The second-order valence-electron chi connectivity index (χ2n) is 6.17. The number of aryl methyl sites for hydroxylation is 1. The number of halogens is 1. The molecule has 0 bridgehead atoms. The normalized spacial score (nSPS) is 12.8. The lowest BCUT2D eigenvalue weighted by Crippen LogP contribution is -2.16. The Morgan fingerprint density at radius 1 is 1.14 bits per heavy atom. The molecule has 1 unspecified atom stereocenters. The SMILES string of the molecule is Cc1ccc(CC(CBr)Cc2ncnn2CC(C)C)cc1. The van der Waals surface area contributed by atoms with E-state index >= 15 is 0 Å². The van der Waals surface area contributed by atoms with Crippen molar-refractivity contribution in [2.75, 3.05) is 5.33 Å². The van der Waals surface area contributed by atoms with E-state index in [0.717, 1.165) is 30.5 Å². The summed E-state index contributed by atoms with van der Waals surface area (Å²) >= 11 is 3.65. The van der Waals surface area contributed by atoms with Crippen LogP contribution in [-0.4, -0.2) is 20.1 Å². The predicted octanol–water partition coefficient (Wildman–Crippen LogP) is 4.04. The highest BCUT2D eigenvalue weighted by Crippen LogP contribution is 2.17. The topological polar surface area (TPSA) is 30.7 Å². The van der Waals surface area contributed by atoms with Gasteiger partial charge in [0.25, 0.3) is 0 Å². The van der Waals surface area contributed by atoms with Gasteiger partial charge in [-0.2, -0.15) is 5.10 Å². The number of aromatic nitrogens is 3. The molecule has 0 aliphatic rings. The molecule has 2 rings (SSSR count). The van der Waals surface area contributed by atoms with Crippen LogP contribution in [0.25, 0.3) is 0 Å². The number of hydrogen-bond donors (Lipinski definition) is 0. The first-order chi connectivity index (χ1) is 10.1. The second kappa shape index (κ2) is 7.74. The van der Waals surface area contributed by atoms with Crippen LogP contribution in [0.4, 0.5) is 0 Å². The summed E-state index contributed by atoms with van der Waals surface area (Å²) in [5.41, 5.74) is 2.70. The first-order valence-electron chi connectivity index (χ1n) is 7.56. The van der Waals surface area contributed by atoms with E-state index < -0.39 is 0 Å². The Morgan fingerprint density at radius 2 is 1.86 bits per heavy atom. The maximum atomic E-state index is 4.44. The summed E-state index contributed by atoms with van der Waals surface area (Å²) in [7, 11) is 0. The molecule has 0 radical (unpaired) electrons. The van der Waals surface area contributed by atoms with Gasteiger partial charge in [-0.25, -0.2) is 9.67 Å². The molecule has 1 atom stereocenters. The number of hydrogen-bond acceptors (Lipinski definition) is 2. The molecule has 114 valence electrons. The lowest BCUT2D eigenvalue weighted by molar-refractivity contribution is 0.448. The summed E-state index contributed by atoms with van der Waals surface area (Å²) in [4.78, 5) is 4.44. The zero-order chi connectivity index (χ0) is 15.2. The van der Waals surface area contributed by atoms with E-state index in [4.69, 9.17) is 0 Å². The largest absolute Gasteiger partial charge is 0.250 e. The molecule has 0 spiro atoms. The molecule has 2 aromatic rings. The standard InChI is InChI=1S/C17H24BrN3/c1-13(2)11-21-17(19-12-20-21)9-16(10-18)8-15-6-4-14(3)5-7-15/h4-7,12-13,16H,8-11H2,1-3H3. The molecule has 0 aliphatic heterocycles. The van der Waals surface area contributed by atoms with Crippen LogP contribution in [-0.2, 0) is 19.4 Å². The summed E-state index contributed by atoms with van der Waals surface area (Å²) in [5.74, 6) is 2.23. The van der Waals surface area contributed by atoms with E-state index in [0.29, 0.717) is 11.8 Å². The van der Waals surface area contributed by atoms with Crippen LogP contribution in [0.3, 0.4) is 0 Å². The summed E-state index contributed by atoms with van der Waals surface area (Å²) in [6, 6.07) is 8.82. The summed E-state index contributed by atoms with van der Waals surface area (Å²) in [6.07, 6.45) is 3.71. The van der Waals surface area contributed by atoms with Crippen LogP contribution in [0.5, 0.6) is 0 Å². The van der Waals surface area contributed by atoms with Crippen LogP contribution in [0.2, 0.25) is 0 Å². The van der Waals surface area contributed by atoms with Gasteiger partial charge in [-0.05, 0) is 30.7 Å². The Labute approximate surface area is 135 Å². The summed E-state index contributed by atoms with van der Waals surface area (Å²) in [5, 5.41) is 5.33. The van der Waals surface area contributed by atoms with Crippen molar-refractivity contribution in [3.05, 3.63) is 47.5 Å². The van der Waals surface area contributed by atoms with E-state index in [9.17, 15) is 0 Å². The van der Waals surface area contributed by atoms with E-state index in [1.54, 1.807) is 6.33 Å². The van der Waals surface area contributed by atoms with Gasteiger partial charge in [-0.1, -0.05) is 59.6 Å². The van der Waals surface area contributed by atoms with Gasteiger partial charge in [0.2, 0.25) is 0 Å². The van der Waals surface area contributed by atoms with E-state index in [2.05, 4.69) is 75.7 Å². The third-order valence-electron chi connectivity index (χ3n) is 3.57. The van der Waals surface area contributed by atoms with Crippen LogP contribution in [0, 0.1) is 18.8 Å². The molecule has 0 saturated carbocycles. The van der Waals surface area contributed by atoms with Crippen molar-refractivity contribution < 1.29 is 0 Å². The minimum absolute atomic E-state index is 0.544. The van der Waals surface area contributed by atoms with E-state index in [1.165, 1.54) is 11.1 Å². The molecule has 0 N–H and O–H groups in total. The molecule has 3 nitrogen and oxygen atoms in total. The number of alkyl halides is 1. The van der Waals surface area contributed by atoms with Crippen LogP contribution < -0.4 is 0 Å². The molecule has 0 amide bonds. The fourth-order valence-corrected chi connectivity index (χ4v) is 2.90. The van der Waals surface area contributed by atoms with Crippen molar-refractivity contribution >= 4 is 15.9 Å². The smallest absolute Gasteiger partial charge is 0.138 e. The molecular weight excluding hydrogens is 326 g/mol. The van der Waals surface area contributed by atoms with Gasteiger partial charge < -0.3 is 0 Å². The van der Waals surface area contributed by atoms with Crippen LogP contribution in [0.1, 0.15) is 30.8 Å². The maximum Gasteiger partial charge on any atom is 0.138 e. The van der Waals surface area contributed by atoms with Gasteiger partial charge in [-0.3, -0.25) is 0 Å². The van der Waals surface area contributed by atoms with Crippen molar-refractivity contribution in [2.45, 2.75) is 40.2 Å². The molecule has 0 fully saturated rings. The third-order valence-corrected chi connectivity index (χ3v) is 4.48. The molecule has 1 heterocycles. The van der Waals surface area contributed by atoms with Gasteiger partial charge >= 0.3 is 0 Å². The molecule has 0 aliphatic carbocycles. The highest BCUT2D eigenvalue weighted by Gasteiger charge is 2.14. The summed E-state index contributed by atoms with van der Waals surface area (Å²) in [6.45, 7) is 7.48. The predicted molar refractivity (Wildman–Crippen MR) is 90.7 cm³/mol. The lowest BCUT2D eigenvalue weighted by atomic mass is 9.97. The first kappa shape index (κ1) is 16.2. The number of rotatable bonds is 7. The van der Waals surface area contributed by atoms with Gasteiger partial charge in [0.05, 0.1) is 0 Å². The third kappa shape index (κ3) is 4.95. The fraction of sp³-hybridized carbons (Fsp3) is 0.529. The van der Waals surface area contributed by atoms with Gasteiger partial charge in [0.1, 0.15) is 12.2 Å². The highest BCUT2D eigenvalue weighted by molar-refractivity contribution is 9.09. The van der Waals surface area contributed by atoms with E-state index in [-0.39, 0.29) is 0 Å². The number of benzene rings is 1. The Bertz CT molecular complexity index is 545. The maximum absolute atomic E-state index is 4.44. The average Bonchev–Trinajstić information content (AvgIpc) is 2.87. The minimum Gasteiger partial charge on any atom is -0.250 e. The van der Waals surface area contributed by atoms with Gasteiger partial charge in [0, 0.05) is 18.3 Å². The minimum atomic E-state index is 0.544. The highest BCUT2D eigenvalue weighted by atomic mass is 79.9. The van der Waals surface area contributed by atoms with Crippen molar-refractivity contribution in [3.8, 4) is 0 Å². The molecule has 1 aromatic heterocycles. The summed E-state index contributed by atoms with van der Waals surface area (Å²) < 4.78 is 2.05. The van der Waals surface area contributed by atoms with Crippen LogP contribution in [0.15, 0.2) is 30.6 Å². The van der Waals surface area contributed by atoms with Crippen LogP contribution >= 0.6 is 15.9 Å². The zero-order valence-corrected chi connectivity index (χ0v) is 14.7. The molecular formula is C17H24BrN3. The fourth-order valence-electron chi connectivity index (χ4n) is 2.44. The monoisotopic (exact) mass is 349 g/mol. The molecule has 1 aromatic carbocycles. The van der Waals surface area contributed by atoms with E-state index in [1.807, 2.05) is 0 Å². The zero-order valence-electron chi connectivity index (χ0n) is 13.1. The average molecular weight is 350 g/mol. The van der Waals surface area contributed by atoms with Gasteiger partial charge in [0.15, 0.2) is 0 Å². The Morgan fingerprint density at radius 3 is 2.48 bits per heavy atom. The van der Waals surface area contributed by atoms with Gasteiger partial charge in [-0.15, -0.1) is 0 Å². The van der Waals surface area contributed by atoms with Crippen molar-refractivity contribution in [2.24, 2.45) is 11.8 Å². The molecule has 0 saturated heterocycles. The van der Waals surface area contributed by atoms with Crippen molar-refractivity contribution in [1.29, 1.82) is 0 Å². The Kier molecular flexibility index (Phi) is 5.97. The quantitative estimate of drug-likeness (QED) is 0.706. The Hall–Kier alpha value is -1.16. The van der Waals surface area contributed by atoms with Crippen molar-refractivity contribution in [1.82, 2.24) is 14.8 Å². The second-order valence-corrected chi connectivity index (χ2v) is 6.81. The molecule has 4 heteroatoms. The lowest BCUT2D eigenvalue weighted by Gasteiger charge is -2.15.